The molecule has 15 heavy (non-hydrogen) atoms. The highest BCUT2D eigenvalue weighted by atomic mass is 35.5. The van der Waals surface area contributed by atoms with Crippen LogP contribution in [0, 0.1) is 5.92 Å². The number of anilines is 1. The first-order valence-corrected chi connectivity index (χ1v) is 5.30. The molecule has 0 spiro atoms. The summed E-state index contributed by atoms with van der Waals surface area (Å²) in [5, 5.41) is 12.7. The van der Waals surface area contributed by atoms with Gasteiger partial charge in [-0.1, -0.05) is 23.7 Å². The normalized spacial score (nSPS) is 24.3. The van der Waals surface area contributed by atoms with Crippen molar-refractivity contribution in [3.63, 3.8) is 0 Å². The monoisotopic (exact) mass is 225 g/mol. The van der Waals surface area contributed by atoms with Gasteiger partial charge >= 0.3 is 5.97 Å². The topological polar surface area (TPSA) is 49.3 Å². The maximum Gasteiger partial charge on any atom is 0.308 e. The molecule has 1 saturated carbocycles. The van der Waals surface area contributed by atoms with E-state index in [1.807, 2.05) is 18.2 Å². The highest BCUT2D eigenvalue weighted by molar-refractivity contribution is 6.33. The van der Waals surface area contributed by atoms with Gasteiger partial charge in [0.15, 0.2) is 0 Å². The first-order valence-electron chi connectivity index (χ1n) is 4.92. The van der Waals surface area contributed by atoms with Gasteiger partial charge in [-0.2, -0.15) is 0 Å². The molecule has 2 atom stereocenters. The summed E-state index contributed by atoms with van der Waals surface area (Å²) in [5.74, 6) is -1.01. The summed E-state index contributed by atoms with van der Waals surface area (Å²) < 4.78 is 0. The van der Waals surface area contributed by atoms with Crippen molar-refractivity contribution in [3.8, 4) is 0 Å². The Morgan fingerprint density at radius 2 is 2.13 bits per heavy atom. The predicted octanol–water partition coefficient (Wildman–Crippen LogP) is 2.62. The fraction of sp³-hybridized carbons (Fsp3) is 0.364. The molecule has 80 valence electrons. The lowest BCUT2D eigenvalue weighted by molar-refractivity contribution is -0.144. The van der Waals surface area contributed by atoms with E-state index in [2.05, 4.69) is 5.32 Å². The van der Waals surface area contributed by atoms with Crippen molar-refractivity contribution in [2.75, 3.05) is 5.32 Å². The maximum atomic E-state index is 10.8. The molecule has 1 aliphatic rings. The predicted molar refractivity (Wildman–Crippen MR) is 59.2 cm³/mol. The number of carbonyl (C=O) groups is 1. The Labute approximate surface area is 93.1 Å². The summed E-state index contributed by atoms with van der Waals surface area (Å²) in [7, 11) is 0. The fourth-order valence-electron chi connectivity index (χ4n) is 1.75. The molecule has 0 amide bonds. The molecule has 0 bridgehead atoms. The van der Waals surface area contributed by atoms with Gasteiger partial charge in [0.1, 0.15) is 0 Å². The number of aliphatic carboxylic acids is 1. The van der Waals surface area contributed by atoms with Crippen LogP contribution in [-0.2, 0) is 4.79 Å². The van der Waals surface area contributed by atoms with Crippen molar-refractivity contribution in [2.45, 2.75) is 18.9 Å². The maximum absolute atomic E-state index is 10.8. The number of carboxylic acid groups (broad SMARTS) is 1. The summed E-state index contributed by atoms with van der Waals surface area (Å²) in [5.41, 5.74) is 0.815. The minimum Gasteiger partial charge on any atom is -0.481 e. The minimum absolute atomic E-state index is 0.0161. The van der Waals surface area contributed by atoms with E-state index in [1.54, 1.807) is 6.07 Å². The van der Waals surface area contributed by atoms with Crippen LogP contribution in [0.4, 0.5) is 5.69 Å². The molecule has 2 unspecified atom stereocenters. The van der Waals surface area contributed by atoms with Gasteiger partial charge < -0.3 is 10.4 Å². The first kappa shape index (κ1) is 10.3. The lowest BCUT2D eigenvalue weighted by Crippen LogP contribution is -2.43. The lowest BCUT2D eigenvalue weighted by atomic mass is 9.79. The highest BCUT2D eigenvalue weighted by Gasteiger charge is 2.36. The third-order valence-corrected chi connectivity index (χ3v) is 3.14. The van der Waals surface area contributed by atoms with Gasteiger partial charge in [-0.05, 0) is 25.0 Å². The molecule has 1 aliphatic carbocycles. The highest BCUT2D eigenvalue weighted by Crippen LogP contribution is 2.32. The zero-order chi connectivity index (χ0) is 10.8. The van der Waals surface area contributed by atoms with Crippen LogP contribution >= 0.6 is 11.6 Å². The Balaban J connectivity index is 2.04. The van der Waals surface area contributed by atoms with Gasteiger partial charge in [0.05, 0.1) is 16.6 Å². The Kier molecular flexibility index (Phi) is 2.82. The number of rotatable bonds is 3. The Morgan fingerprint density at radius 3 is 2.67 bits per heavy atom. The molecule has 0 heterocycles. The zero-order valence-electron chi connectivity index (χ0n) is 8.11. The number of carboxylic acids is 1. The molecule has 3 nitrogen and oxygen atoms in total. The van der Waals surface area contributed by atoms with Crippen molar-refractivity contribution in [1.82, 2.24) is 0 Å². The number of nitrogens with one attached hydrogen (secondary N) is 1. The molecule has 2 rings (SSSR count). The second-order valence-corrected chi connectivity index (χ2v) is 4.16. The fourth-order valence-corrected chi connectivity index (χ4v) is 1.94. The van der Waals surface area contributed by atoms with E-state index in [9.17, 15) is 4.79 Å². The standard InChI is InChI=1S/C11H12ClNO2/c12-8-3-1-2-4-10(8)13-9-6-5-7(9)11(14)15/h1-4,7,9,13H,5-6H2,(H,14,15). The van der Waals surface area contributed by atoms with Crippen molar-refractivity contribution >= 4 is 23.3 Å². The third-order valence-electron chi connectivity index (χ3n) is 2.81. The SMILES string of the molecule is O=C(O)C1CCC1Nc1ccccc1Cl. The van der Waals surface area contributed by atoms with Gasteiger partial charge in [0, 0.05) is 6.04 Å². The van der Waals surface area contributed by atoms with Crippen molar-refractivity contribution in [1.29, 1.82) is 0 Å². The Hall–Kier alpha value is -1.22. The third kappa shape index (κ3) is 2.07. The summed E-state index contributed by atoms with van der Waals surface area (Å²) in [6.45, 7) is 0. The van der Waals surface area contributed by atoms with Gasteiger partial charge in [-0.25, -0.2) is 0 Å². The number of halogens is 1. The van der Waals surface area contributed by atoms with Crippen LogP contribution in [0.2, 0.25) is 5.02 Å². The van der Waals surface area contributed by atoms with Crippen LogP contribution in [0.5, 0.6) is 0 Å². The zero-order valence-corrected chi connectivity index (χ0v) is 8.87. The Morgan fingerprint density at radius 1 is 1.40 bits per heavy atom. The largest absolute Gasteiger partial charge is 0.481 e. The van der Waals surface area contributed by atoms with Crippen molar-refractivity contribution in [3.05, 3.63) is 29.3 Å². The molecule has 4 heteroatoms. The molecular formula is C11H12ClNO2. The number of hydrogen-bond donors (Lipinski definition) is 2. The van der Waals surface area contributed by atoms with E-state index in [0.29, 0.717) is 5.02 Å². The average molecular weight is 226 g/mol. The van der Waals surface area contributed by atoms with Crippen LogP contribution in [0.25, 0.3) is 0 Å². The van der Waals surface area contributed by atoms with Crippen LogP contribution in [0.3, 0.4) is 0 Å². The molecular weight excluding hydrogens is 214 g/mol. The molecule has 1 aromatic rings. The number of hydrogen-bond acceptors (Lipinski definition) is 2. The number of benzene rings is 1. The van der Waals surface area contributed by atoms with Gasteiger partial charge in [-0.15, -0.1) is 0 Å². The van der Waals surface area contributed by atoms with Crippen LogP contribution in [0.1, 0.15) is 12.8 Å². The quantitative estimate of drug-likeness (QED) is 0.832. The second kappa shape index (κ2) is 4.11. The van der Waals surface area contributed by atoms with E-state index in [-0.39, 0.29) is 12.0 Å². The minimum atomic E-state index is -0.731. The van der Waals surface area contributed by atoms with E-state index in [0.717, 1.165) is 18.5 Å². The van der Waals surface area contributed by atoms with Crippen LogP contribution in [0.15, 0.2) is 24.3 Å². The van der Waals surface area contributed by atoms with E-state index in [4.69, 9.17) is 16.7 Å². The summed E-state index contributed by atoms with van der Waals surface area (Å²) in [4.78, 5) is 10.8. The first-order chi connectivity index (χ1) is 7.18. The van der Waals surface area contributed by atoms with Gasteiger partial charge in [0.25, 0.3) is 0 Å². The van der Waals surface area contributed by atoms with Crippen LogP contribution in [-0.4, -0.2) is 17.1 Å². The van der Waals surface area contributed by atoms with Crippen molar-refractivity contribution < 1.29 is 9.90 Å². The van der Waals surface area contributed by atoms with E-state index >= 15 is 0 Å². The molecule has 0 saturated heterocycles. The number of para-hydroxylation sites is 1. The van der Waals surface area contributed by atoms with Crippen molar-refractivity contribution in [2.24, 2.45) is 5.92 Å². The smallest absolute Gasteiger partial charge is 0.308 e. The van der Waals surface area contributed by atoms with Gasteiger partial charge in [-0.3, -0.25) is 4.79 Å². The second-order valence-electron chi connectivity index (χ2n) is 3.75. The summed E-state index contributed by atoms with van der Waals surface area (Å²) >= 11 is 5.97. The molecule has 0 aliphatic heterocycles. The summed E-state index contributed by atoms with van der Waals surface area (Å²) in [6.07, 6.45) is 1.64. The van der Waals surface area contributed by atoms with Crippen LogP contribution < -0.4 is 5.32 Å². The lowest BCUT2D eigenvalue weighted by Gasteiger charge is -2.34. The molecule has 1 fully saturated rings. The average Bonchev–Trinajstić information content (AvgIpc) is 2.13. The summed E-state index contributed by atoms with van der Waals surface area (Å²) in [6, 6.07) is 7.39. The van der Waals surface area contributed by atoms with E-state index in [1.165, 1.54) is 0 Å². The molecule has 0 aromatic heterocycles. The molecule has 2 N–H and O–H groups in total. The Bertz CT molecular complexity index is 381. The molecule has 0 radical (unpaired) electrons. The van der Waals surface area contributed by atoms with Gasteiger partial charge in [0.2, 0.25) is 0 Å². The molecule has 1 aromatic carbocycles. The van der Waals surface area contributed by atoms with E-state index < -0.39 is 5.97 Å².